The molecule has 0 fully saturated rings. The molecule has 0 amide bonds. The molecule has 0 unspecified atom stereocenters. The van der Waals surface area contributed by atoms with Crippen LogP contribution in [0.15, 0.2) is 224 Å². The molecule has 12 aromatic carbocycles. The van der Waals surface area contributed by atoms with Gasteiger partial charge in [0, 0.05) is 34.5 Å². The minimum absolute atomic E-state index is 0.684. The van der Waals surface area contributed by atoms with Crippen LogP contribution < -0.4 is 0 Å². The summed E-state index contributed by atoms with van der Waals surface area (Å²) in [5.41, 5.74) is 10.1. The Labute approximate surface area is 387 Å². The molecule has 13 rings (SSSR count). The third kappa shape index (κ3) is 6.31. The van der Waals surface area contributed by atoms with Crippen molar-refractivity contribution in [2.45, 2.75) is 6.92 Å². The summed E-state index contributed by atoms with van der Waals surface area (Å²) in [5.74, 6) is 0.684. The molecule has 0 aliphatic heterocycles. The van der Waals surface area contributed by atoms with E-state index in [1.54, 1.807) is 0 Å². The summed E-state index contributed by atoms with van der Waals surface area (Å²) in [7, 11) is 0. The number of hydrogen-bond acceptors (Lipinski definition) is 3. The quantitative estimate of drug-likeness (QED) is 0.123. The highest BCUT2D eigenvalue weighted by Gasteiger charge is 2.16. The van der Waals surface area contributed by atoms with Crippen LogP contribution in [0.2, 0.25) is 0 Å². The number of hydrogen-bond donors (Lipinski definition) is 0. The molecule has 0 atom stereocenters. The smallest absolute Gasteiger partial charge is 0.159 e. The van der Waals surface area contributed by atoms with E-state index in [1.807, 2.05) is 12.4 Å². The lowest BCUT2D eigenvalue weighted by atomic mass is 9.92. The molecular weight excluding hydrogens is 811 g/mol. The Balaban J connectivity index is 0.855. The van der Waals surface area contributed by atoms with Crippen LogP contribution in [-0.4, -0.2) is 16.2 Å². The van der Waals surface area contributed by atoms with Gasteiger partial charge in [-0.25, -0.2) is 9.97 Å². The summed E-state index contributed by atoms with van der Waals surface area (Å²) < 4.78 is 0. The molecule has 0 spiro atoms. The van der Waals surface area contributed by atoms with Crippen LogP contribution in [0.4, 0.5) is 0 Å². The maximum absolute atomic E-state index is 5.31. The van der Waals surface area contributed by atoms with Gasteiger partial charge in [0.1, 0.15) is 0 Å². The molecular formula is C64H41N3. The molecule has 0 saturated carbocycles. The van der Waals surface area contributed by atoms with Crippen LogP contribution in [-0.2, 0) is 0 Å². The second kappa shape index (κ2) is 15.4. The highest BCUT2D eigenvalue weighted by Crippen LogP contribution is 2.40. The molecule has 0 aliphatic rings. The van der Waals surface area contributed by atoms with Crippen molar-refractivity contribution in [2.75, 3.05) is 0 Å². The van der Waals surface area contributed by atoms with Gasteiger partial charge in [-0.3, -0.25) is 4.99 Å². The summed E-state index contributed by atoms with van der Waals surface area (Å²) in [6, 6.07) is 74.2. The molecule has 3 heteroatoms. The predicted octanol–water partition coefficient (Wildman–Crippen LogP) is 17.1. The topological polar surface area (TPSA) is 38.1 Å². The molecule has 0 N–H and O–H groups in total. The molecule has 1 heterocycles. The van der Waals surface area contributed by atoms with E-state index in [9.17, 15) is 0 Å². The normalized spacial score (nSPS) is 12.0. The van der Waals surface area contributed by atoms with Crippen LogP contribution in [0, 0.1) is 6.92 Å². The lowest BCUT2D eigenvalue weighted by molar-refractivity contribution is 1.22. The summed E-state index contributed by atoms with van der Waals surface area (Å²) in [4.78, 5) is 15.4. The van der Waals surface area contributed by atoms with E-state index < -0.39 is 0 Å². The molecule has 0 aliphatic carbocycles. The number of nitrogens with zero attached hydrogens (tertiary/aromatic N) is 3. The zero-order chi connectivity index (χ0) is 44.6. The maximum Gasteiger partial charge on any atom is 0.159 e. The zero-order valence-corrected chi connectivity index (χ0v) is 36.8. The lowest BCUT2D eigenvalue weighted by Crippen LogP contribution is -1.98. The summed E-state index contributed by atoms with van der Waals surface area (Å²) in [5, 5.41) is 18.4. The first-order chi connectivity index (χ1) is 33.1. The fourth-order valence-corrected chi connectivity index (χ4v) is 10.6. The van der Waals surface area contributed by atoms with Crippen LogP contribution >= 0.6 is 0 Å². The van der Waals surface area contributed by atoms with E-state index in [1.165, 1.54) is 64.6 Å². The first kappa shape index (κ1) is 38.6. The Bertz CT molecular complexity index is 4180. The fraction of sp³-hybridized carbons (Fsp3) is 0.0156. The zero-order valence-electron chi connectivity index (χ0n) is 36.8. The highest BCUT2D eigenvalue weighted by molar-refractivity contribution is 6.27. The standard InChI is InChI=1S/C64H41N3/c1-39-61(37-65-40(2)41-15-13-16-42(33-41)44-29-31-57-51-23-5-3-19-47(51)49-21-7-9-25-53(49)59(57)35-44)55-27-11-12-28-56(55)62-38-66-64(67-63(39)62)46-18-14-17-43(34-46)45-30-32-58-52-24-6-4-20-48(52)50-22-8-10-26-54(50)60(58)36-45/h3-38H,2H2,1H3. The molecule has 1 aromatic heterocycles. The molecule has 0 radical (unpaired) electrons. The van der Waals surface area contributed by atoms with Gasteiger partial charge in [0.25, 0.3) is 0 Å². The van der Waals surface area contributed by atoms with Crippen molar-refractivity contribution in [3.63, 3.8) is 0 Å². The van der Waals surface area contributed by atoms with Crippen molar-refractivity contribution < 1.29 is 0 Å². The molecule has 0 saturated heterocycles. The van der Waals surface area contributed by atoms with Crippen LogP contribution in [0.5, 0.6) is 0 Å². The monoisotopic (exact) mass is 851 g/mol. The Morgan fingerprint density at radius 1 is 0.388 bits per heavy atom. The minimum Gasteiger partial charge on any atom is -0.256 e. The number of fused-ring (bicyclic) bond motifs is 15. The highest BCUT2D eigenvalue weighted by atomic mass is 14.9. The van der Waals surface area contributed by atoms with Gasteiger partial charge < -0.3 is 0 Å². The van der Waals surface area contributed by atoms with Gasteiger partial charge in [-0.15, -0.1) is 0 Å². The number of benzene rings is 12. The van der Waals surface area contributed by atoms with E-state index in [0.29, 0.717) is 11.5 Å². The Morgan fingerprint density at radius 3 is 1.31 bits per heavy atom. The Hall–Kier alpha value is -8.79. The first-order valence-electron chi connectivity index (χ1n) is 22.8. The summed E-state index contributed by atoms with van der Waals surface area (Å²) in [6.07, 6.45) is 3.95. The number of rotatable bonds is 6. The molecule has 67 heavy (non-hydrogen) atoms. The van der Waals surface area contributed by atoms with E-state index in [2.05, 4.69) is 220 Å². The predicted molar refractivity (Wildman–Crippen MR) is 286 cm³/mol. The van der Waals surface area contributed by atoms with Gasteiger partial charge in [-0.1, -0.05) is 189 Å². The Morgan fingerprint density at radius 2 is 0.791 bits per heavy atom. The van der Waals surface area contributed by atoms with Crippen molar-refractivity contribution in [3.05, 3.63) is 236 Å². The largest absolute Gasteiger partial charge is 0.256 e. The lowest BCUT2D eigenvalue weighted by Gasteiger charge is -2.14. The van der Waals surface area contributed by atoms with Crippen molar-refractivity contribution in [1.82, 2.24) is 9.97 Å². The molecule has 13 aromatic rings. The van der Waals surface area contributed by atoms with Crippen LogP contribution in [0.1, 0.15) is 16.7 Å². The summed E-state index contributed by atoms with van der Waals surface area (Å²) >= 11 is 0. The van der Waals surface area contributed by atoms with Gasteiger partial charge in [-0.2, -0.15) is 0 Å². The van der Waals surface area contributed by atoms with E-state index in [-0.39, 0.29) is 0 Å². The summed E-state index contributed by atoms with van der Waals surface area (Å²) in [6.45, 7) is 6.62. The van der Waals surface area contributed by atoms with Gasteiger partial charge in [-0.05, 0) is 134 Å². The van der Waals surface area contributed by atoms with Crippen LogP contribution in [0.3, 0.4) is 0 Å². The average Bonchev–Trinajstić information content (AvgIpc) is 3.40. The SMILES string of the molecule is C=C(N=Cc1c(C)c2nc(-c3cccc(-c4ccc5c6ccccc6c6ccccc6c5c4)c3)ncc2c2ccccc12)c1cccc(-c2ccc3c4ccccc4c4ccccc4c3c2)c1. The molecule has 0 bridgehead atoms. The van der Waals surface area contributed by atoms with E-state index in [0.717, 1.165) is 66.2 Å². The van der Waals surface area contributed by atoms with Gasteiger partial charge in [0.2, 0.25) is 0 Å². The fourth-order valence-electron chi connectivity index (χ4n) is 10.6. The second-order valence-corrected chi connectivity index (χ2v) is 17.6. The molecule has 3 nitrogen and oxygen atoms in total. The third-order valence-electron chi connectivity index (χ3n) is 13.9. The number of aliphatic imine (C=N–C) groups is 1. The van der Waals surface area contributed by atoms with Crippen molar-refractivity contribution in [3.8, 4) is 33.6 Å². The third-order valence-corrected chi connectivity index (χ3v) is 13.9. The Kier molecular flexibility index (Phi) is 8.90. The van der Waals surface area contributed by atoms with Gasteiger partial charge in [0.15, 0.2) is 5.82 Å². The van der Waals surface area contributed by atoms with E-state index >= 15 is 0 Å². The van der Waals surface area contributed by atoms with Crippen LogP contribution in [0.25, 0.3) is 126 Å². The van der Waals surface area contributed by atoms with Crippen molar-refractivity contribution >= 4 is 98.2 Å². The van der Waals surface area contributed by atoms with Crippen molar-refractivity contribution in [1.29, 1.82) is 0 Å². The van der Waals surface area contributed by atoms with Gasteiger partial charge >= 0.3 is 0 Å². The molecule has 312 valence electrons. The van der Waals surface area contributed by atoms with Crippen molar-refractivity contribution in [2.24, 2.45) is 4.99 Å². The van der Waals surface area contributed by atoms with E-state index in [4.69, 9.17) is 15.0 Å². The first-order valence-corrected chi connectivity index (χ1v) is 22.8. The number of aryl methyl sites for hydroxylation is 1. The number of aromatic nitrogens is 2. The van der Waals surface area contributed by atoms with Gasteiger partial charge in [0.05, 0.1) is 11.2 Å². The maximum atomic E-state index is 5.31. The average molecular weight is 852 g/mol. The second-order valence-electron chi connectivity index (χ2n) is 17.6. The minimum atomic E-state index is 0.684.